The molecule has 0 aliphatic carbocycles. The predicted octanol–water partition coefficient (Wildman–Crippen LogP) is 3.59. The summed E-state index contributed by atoms with van der Waals surface area (Å²) in [5.41, 5.74) is 2.77. The van der Waals surface area contributed by atoms with Crippen LogP contribution in [0.5, 0.6) is 0 Å². The van der Waals surface area contributed by atoms with E-state index in [1.54, 1.807) is 0 Å². The number of carbonyl (C=O) groups is 2. The largest absolute Gasteiger partial charge is 0.370 e. The van der Waals surface area contributed by atoms with Crippen molar-refractivity contribution in [2.75, 3.05) is 29.9 Å². The fourth-order valence-corrected chi connectivity index (χ4v) is 3.88. The predicted molar refractivity (Wildman–Crippen MR) is 107 cm³/mol. The summed E-state index contributed by atoms with van der Waals surface area (Å²) < 4.78 is 0. The van der Waals surface area contributed by atoms with Crippen LogP contribution in [-0.2, 0) is 9.59 Å². The molecule has 2 aliphatic heterocycles. The van der Waals surface area contributed by atoms with Crippen molar-refractivity contribution in [3.05, 3.63) is 60.2 Å². The number of anilines is 2. The summed E-state index contributed by atoms with van der Waals surface area (Å²) in [4.78, 5) is 28.8. The van der Waals surface area contributed by atoms with Crippen LogP contribution in [0.3, 0.4) is 0 Å². The van der Waals surface area contributed by atoms with Crippen molar-refractivity contribution in [3.63, 3.8) is 0 Å². The van der Waals surface area contributed by atoms with Gasteiger partial charge in [0.2, 0.25) is 11.8 Å². The van der Waals surface area contributed by atoms with Gasteiger partial charge in [-0.15, -0.1) is 0 Å². The summed E-state index contributed by atoms with van der Waals surface area (Å²) in [6, 6.07) is 17.3. The molecule has 2 saturated heterocycles. The van der Waals surface area contributed by atoms with E-state index in [1.807, 2.05) is 64.4 Å². The van der Waals surface area contributed by atoms with E-state index < -0.39 is 6.04 Å². The molecule has 5 heteroatoms. The van der Waals surface area contributed by atoms with Gasteiger partial charge in [-0.3, -0.25) is 9.59 Å². The number of hydrogen-bond donors (Lipinski definition) is 1. The first kappa shape index (κ1) is 17.6. The molecule has 2 heterocycles. The zero-order valence-electron chi connectivity index (χ0n) is 15.4. The standard InChI is InChI=1S/C22H25N3O2/c26-20-9-6-16-25(20)19-12-10-18(11-13-19)23-21(17-7-2-1-3-8-17)22(27)24-14-4-5-15-24/h1-3,7-8,10-13,21,23H,4-6,9,14-16H2/t21-/m1/s1. The average Bonchev–Trinajstić information content (AvgIpc) is 3.39. The maximum atomic E-state index is 13.1. The summed E-state index contributed by atoms with van der Waals surface area (Å²) in [7, 11) is 0. The fourth-order valence-electron chi connectivity index (χ4n) is 3.88. The van der Waals surface area contributed by atoms with Crippen LogP contribution >= 0.6 is 0 Å². The van der Waals surface area contributed by atoms with Gasteiger partial charge in [0, 0.05) is 37.4 Å². The molecule has 2 aromatic carbocycles. The molecule has 1 atom stereocenters. The molecule has 2 fully saturated rings. The van der Waals surface area contributed by atoms with Crippen LogP contribution in [0.15, 0.2) is 54.6 Å². The molecular formula is C22H25N3O2. The van der Waals surface area contributed by atoms with E-state index in [4.69, 9.17) is 0 Å². The second-order valence-corrected chi connectivity index (χ2v) is 7.22. The molecule has 0 aromatic heterocycles. The van der Waals surface area contributed by atoms with Crippen LogP contribution in [0.2, 0.25) is 0 Å². The molecule has 2 aliphatic rings. The lowest BCUT2D eigenvalue weighted by Gasteiger charge is -2.25. The van der Waals surface area contributed by atoms with Crippen molar-refractivity contribution in [3.8, 4) is 0 Å². The second kappa shape index (κ2) is 7.82. The molecule has 0 bridgehead atoms. The lowest BCUT2D eigenvalue weighted by Crippen LogP contribution is -2.36. The van der Waals surface area contributed by atoms with Crippen molar-refractivity contribution < 1.29 is 9.59 Å². The molecule has 2 amide bonds. The van der Waals surface area contributed by atoms with E-state index in [0.29, 0.717) is 6.42 Å². The molecule has 140 valence electrons. The third-order valence-corrected chi connectivity index (χ3v) is 5.36. The van der Waals surface area contributed by atoms with Crippen LogP contribution < -0.4 is 10.2 Å². The highest BCUT2D eigenvalue weighted by Crippen LogP contribution is 2.27. The molecule has 0 unspecified atom stereocenters. The molecule has 4 rings (SSSR count). The maximum absolute atomic E-state index is 13.1. The summed E-state index contributed by atoms with van der Waals surface area (Å²) in [5, 5.41) is 3.41. The summed E-state index contributed by atoms with van der Waals surface area (Å²) >= 11 is 0. The fraction of sp³-hybridized carbons (Fsp3) is 0.364. The number of likely N-dealkylation sites (tertiary alicyclic amines) is 1. The van der Waals surface area contributed by atoms with Crippen LogP contribution in [-0.4, -0.2) is 36.3 Å². The Kier molecular flexibility index (Phi) is 5.10. The van der Waals surface area contributed by atoms with Gasteiger partial charge in [0.25, 0.3) is 0 Å². The Hall–Kier alpha value is -2.82. The molecule has 0 radical (unpaired) electrons. The number of hydrogen-bond acceptors (Lipinski definition) is 3. The van der Waals surface area contributed by atoms with Gasteiger partial charge < -0.3 is 15.1 Å². The van der Waals surface area contributed by atoms with Gasteiger partial charge in [0.05, 0.1) is 0 Å². The Bertz CT molecular complexity index is 798. The zero-order valence-corrected chi connectivity index (χ0v) is 15.4. The minimum absolute atomic E-state index is 0.123. The van der Waals surface area contributed by atoms with E-state index in [0.717, 1.165) is 55.8 Å². The lowest BCUT2D eigenvalue weighted by molar-refractivity contribution is -0.131. The van der Waals surface area contributed by atoms with E-state index in [1.165, 1.54) is 0 Å². The maximum Gasteiger partial charge on any atom is 0.249 e. The number of nitrogens with zero attached hydrogens (tertiary/aromatic N) is 2. The van der Waals surface area contributed by atoms with Gasteiger partial charge in [-0.1, -0.05) is 30.3 Å². The van der Waals surface area contributed by atoms with Crippen molar-refractivity contribution in [2.24, 2.45) is 0 Å². The van der Waals surface area contributed by atoms with Gasteiger partial charge in [-0.2, -0.15) is 0 Å². The number of carbonyl (C=O) groups excluding carboxylic acids is 2. The van der Waals surface area contributed by atoms with Crippen molar-refractivity contribution >= 4 is 23.2 Å². The van der Waals surface area contributed by atoms with E-state index >= 15 is 0 Å². The van der Waals surface area contributed by atoms with Crippen molar-refractivity contribution in [1.82, 2.24) is 4.90 Å². The van der Waals surface area contributed by atoms with Crippen molar-refractivity contribution in [2.45, 2.75) is 31.7 Å². The molecule has 2 aromatic rings. The van der Waals surface area contributed by atoms with Crippen LogP contribution in [0, 0.1) is 0 Å². The second-order valence-electron chi connectivity index (χ2n) is 7.22. The van der Waals surface area contributed by atoms with E-state index in [-0.39, 0.29) is 11.8 Å². The number of nitrogens with one attached hydrogen (secondary N) is 1. The van der Waals surface area contributed by atoms with Crippen LogP contribution in [0.4, 0.5) is 11.4 Å². The van der Waals surface area contributed by atoms with Gasteiger partial charge in [-0.05, 0) is 49.1 Å². The average molecular weight is 363 g/mol. The zero-order chi connectivity index (χ0) is 18.6. The van der Waals surface area contributed by atoms with Gasteiger partial charge in [-0.25, -0.2) is 0 Å². The first-order chi connectivity index (χ1) is 13.2. The third-order valence-electron chi connectivity index (χ3n) is 5.36. The minimum Gasteiger partial charge on any atom is -0.370 e. The smallest absolute Gasteiger partial charge is 0.249 e. The number of rotatable bonds is 5. The Labute approximate surface area is 160 Å². The highest BCUT2D eigenvalue weighted by atomic mass is 16.2. The minimum atomic E-state index is -0.399. The van der Waals surface area contributed by atoms with Gasteiger partial charge in [0.1, 0.15) is 6.04 Å². The first-order valence-corrected chi connectivity index (χ1v) is 9.73. The quantitative estimate of drug-likeness (QED) is 0.883. The molecular weight excluding hydrogens is 338 g/mol. The summed E-state index contributed by atoms with van der Waals surface area (Å²) in [5.74, 6) is 0.305. The number of amides is 2. The summed E-state index contributed by atoms with van der Waals surface area (Å²) in [6.45, 7) is 2.45. The monoisotopic (exact) mass is 363 g/mol. The highest BCUT2D eigenvalue weighted by molar-refractivity contribution is 5.95. The van der Waals surface area contributed by atoms with Crippen molar-refractivity contribution in [1.29, 1.82) is 0 Å². The topological polar surface area (TPSA) is 52.7 Å². The summed E-state index contributed by atoms with van der Waals surface area (Å²) in [6.07, 6.45) is 3.69. The van der Waals surface area contributed by atoms with Crippen LogP contribution in [0.25, 0.3) is 0 Å². The first-order valence-electron chi connectivity index (χ1n) is 9.73. The molecule has 0 saturated carbocycles. The van der Waals surface area contributed by atoms with Gasteiger partial charge in [0.15, 0.2) is 0 Å². The molecule has 27 heavy (non-hydrogen) atoms. The molecule has 1 N–H and O–H groups in total. The molecule has 0 spiro atoms. The highest BCUT2D eigenvalue weighted by Gasteiger charge is 2.28. The Morgan fingerprint density at radius 3 is 2.22 bits per heavy atom. The third kappa shape index (κ3) is 3.82. The lowest BCUT2D eigenvalue weighted by atomic mass is 10.0. The Balaban J connectivity index is 1.54. The van der Waals surface area contributed by atoms with E-state index in [2.05, 4.69) is 5.32 Å². The normalized spacial score (nSPS) is 18.0. The molecule has 5 nitrogen and oxygen atoms in total. The Morgan fingerprint density at radius 2 is 1.59 bits per heavy atom. The van der Waals surface area contributed by atoms with Gasteiger partial charge >= 0.3 is 0 Å². The number of benzene rings is 2. The van der Waals surface area contributed by atoms with Crippen LogP contribution in [0.1, 0.15) is 37.3 Å². The SMILES string of the molecule is O=C([C@H](Nc1ccc(N2CCCC2=O)cc1)c1ccccc1)N1CCCC1. The Morgan fingerprint density at radius 1 is 0.889 bits per heavy atom. The van der Waals surface area contributed by atoms with E-state index in [9.17, 15) is 9.59 Å².